The molecule has 2 rings (SSSR count). The lowest BCUT2D eigenvalue weighted by molar-refractivity contribution is -0.143. The summed E-state index contributed by atoms with van der Waals surface area (Å²) < 4.78 is 81.9. The predicted molar refractivity (Wildman–Crippen MR) is 98.2 cm³/mol. The second-order valence-corrected chi connectivity index (χ2v) is 6.36. The molecule has 0 fully saturated rings. The maximum atomic E-state index is 12.8. The highest BCUT2D eigenvalue weighted by atomic mass is 19.4. The molecule has 0 heterocycles. The Kier molecular flexibility index (Phi) is 7.53. The van der Waals surface area contributed by atoms with E-state index < -0.39 is 41.7 Å². The molecule has 0 saturated carbocycles. The van der Waals surface area contributed by atoms with Crippen molar-refractivity contribution in [3.05, 3.63) is 64.7 Å². The Hall–Kier alpha value is -3.24. The van der Waals surface area contributed by atoms with E-state index in [1.807, 2.05) is 0 Å². The molecular weight excluding hydrogens is 430 g/mol. The van der Waals surface area contributed by atoms with E-state index in [0.717, 1.165) is 0 Å². The number of benzene rings is 2. The first-order valence-electron chi connectivity index (χ1n) is 8.96. The van der Waals surface area contributed by atoms with Gasteiger partial charge in [0, 0.05) is 18.7 Å². The normalized spacial score (nSPS) is 11.7. The van der Waals surface area contributed by atoms with Crippen molar-refractivity contribution < 1.29 is 40.7 Å². The van der Waals surface area contributed by atoms with Crippen LogP contribution in [0.4, 0.5) is 26.3 Å². The molecular formula is C20H18F6N2O3. The van der Waals surface area contributed by atoms with Gasteiger partial charge in [-0.1, -0.05) is 12.1 Å². The molecule has 0 bridgehead atoms. The van der Waals surface area contributed by atoms with Crippen molar-refractivity contribution in [3.8, 4) is 5.75 Å². The van der Waals surface area contributed by atoms with Crippen LogP contribution in [0.1, 0.15) is 34.0 Å². The van der Waals surface area contributed by atoms with E-state index in [2.05, 4.69) is 10.6 Å². The largest absolute Gasteiger partial charge is 0.484 e. The first kappa shape index (κ1) is 24.0. The molecule has 0 radical (unpaired) electrons. The predicted octanol–water partition coefficient (Wildman–Crippen LogP) is 4.17. The third kappa shape index (κ3) is 7.19. The summed E-state index contributed by atoms with van der Waals surface area (Å²) in [7, 11) is 0. The zero-order chi connectivity index (χ0) is 23.2. The van der Waals surface area contributed by atoms with Crippen molar-refractivity contribution >= 4 is 11.8 Å². The van der Waals surface area contributed by atoms with Gasteiger partial charge in [-0.3, -0.25) is 9.59 Å². The summed E-state index contributed by atoms with van der Waals surface area (Å²) in [4.78, 5) is 23.5. The van der Waals surface area contributed by atoms with Gasteiger partial charge >= 0.3 is 12.4 Å². The number of amides is 2. The van der Waals surface area contributed by atoms with Crippen LogP contribution in [0.25, 0.3) is 0 Å². The first-order valence-corrected chi connectivity index (χ1v) is 8.96. The van der Waals surface area contributed by atoms with E-state index >= 15 is 0 Å². The highest BCUT2D eigenvalue weighted by Crippen LogP contribution is 2.38. The summed E-state index contributed by atoms with van der Waals surface area (Å²) in [6.07, 6.45) is -10.0. The summed E-state index contributed by atoms with van der Waals surface area (Å²) in [6, 6.07) is 7.03. The summed E-state index contributed by atoms with van der Waals surface area (Å²) >= 11 is 0. The fourth-order valence-electron chi connectivity index (χ4n) is 2.45. The molecule has 0 atom stereocenters. The van der Waals surface area contributed by atoms with Crippen molar-refractivity contribution in [2.75, 3.05) is 13.2 Å². The standard InChI is InChI=1S/C20H18F6N2O3/c1-2-27-18(30)13-5-3-12(4-6-13)10-28-17(29)11-31-16-8-14(19(21,22)23)7-15(9-16)20(24,25)26/h3-9H,2,10-11H2,1H3,(H,27,30)(H,28,29). The molecule has 2 aromatic rings. The van der Waals surface area contributed by atoms with Gasteiger partial charge in [0.25, 0.3) is 11.8 Å². The van der Waals surface area contributed by atoms with Gasteiger partial charge in [0.1, 0.15) is 5.75 Å². The number of carbonyl (C=O) groups is 2. The highest BCUT2D eigenvalue weighted by Gasteiger charge is 2.37. The summed E-state index contributed by atoms with van der Waals surface area (Å²) in [5, 5.41) is 5.05. The number of ether oxygens (including phenoxy) is 1. The summed E-state index contributed by atoms with van der Waals surface area (Å²) in [5.41, 5.74) is -2.03. The Morgan fingerprint density at radius 3 is 1.90 bits per heavy atom. The Morgan fingerprint density at radius 2 is 1.42 bits per heavy atom. The van der Waals surface area contributed by atoms with Gasteiger partial charge in [0.2, 0.25) is 0 Å². The van der Waals surface area contributed by atoms with Crippen LogP contribution in [0.15, 0.2) is 42.5 Å². The second kappa shape index (κ2) is 9.71. The lowest BCUT2D eigenvalue weighted by Crippen LogP contribution is -2.28. The van der Waals surface area contributed by atoms with Crippen LogP contribution in [0.3, 0.4) is 0 Å². The molecule has 168 valence electrons. The quantitative estimate of drug-likeness (QED) is 0.625. The van der Waals surface area contributed by atoms with Crippen LogP contribution >= 0.6 is 0 Å². The van der Waals surface area contributed by atoms with E-state index in [0.29, 0.717) is 29.8 Å². The molecule has 0 aromatic heterocycles. The minimum Gasteiger partial charge on any atom is -0.484 e. The number of rotatable bonds is 7. The molecule has 0 aliphatic heterocycles. The Morgan fingerprint density at radius 1 is 0.871 bits per heavy atom. The third-order valence-electron chi connectivity index (χ3n) is 3.97. The van der Waals surface area contributed by atoms with E-state index in [1.54, 1.807) is 31.2 Å². The van der Waals surface area contributed by atoms with E-state index in [1.165, 1.54) is 0 Å². The summed E-state index contributed by atoms with van der Waals surface area (Å²) in [6.45, 7) is 1.48. The lowest BCUT2D eigenvalue weighted by atomic mass is 10.1. The molecule has 2 N–H and O–H groups in total. The minimum absolute atomic E-state index is 0.0221. The number of halogens is 6. The van der Waals surface area contributed by atoms with E-state index in [-0.39, 0.29) is 18.5 Å². The van der Waals surface area contributed by atoms with Crippen molar-refractivity contribution in [1.82, 2.24) is 10.6 Å². The average Bonchev–Trinajstić information content (AvgIpc) is 2.69. The third-order valence-corrected chi connectivity index (χ3v) is 3.97. The van der Waals surface area contributed by atoms with Crippen molar-refractivity contribution in [2.45, 2.75) is 25.8 Å². The van der Waals surface area contributed by atoms with Crippen LogP contribution in [0.2, 0.25) is 0 Å². The van der Waals surface area contributed by atoms with Crippen LogP contribution < -0.4 is 15.4 Å². The zero-order valence-electron chi connectivity index (χ0n) is 16.2. The minimum atomic E-state index is -5.01. The van der Waals surface area contributed by atoms with Gasteiger partial charge in [0.15, 0.2) is 6.61 Å². The molecule has 0 aliphatic rings. The number of hydrogen-bond donors (Lipinski definition) is 2. The fourth-order valence-corrected chi connectivity index (χ4v) is 2.45. The van der Waals surface area contributed by atoms with Gasteiger partial charge in [-0.15, -0.1) is 0 Å². The molecule has 0 spiro atoms. The number of alkyl halides is 6. The molecule has 2 aromatic carbocycles. The Bertz CT molecular complexity index is 892. The van der Waals surface area contributed by atoms with Crippen LogP contribution in [-0.4, -0.2) is 25.0 Å². The van der Waals surface area contributed by atoms with Crippen LogP contribution in [0.5, 0.6) is 5.75 Å². The monoisotopic (exact) mass is 448 g/mol. The molecule has 0 unspecified atom stereocenters. The topological polar surface area (TPSA) is 67.4 Å². The first-order chi connectivity index (χ1) is 14.4. The van der Waals surface area contributed by atoms with Crippen molar-refractivity contribution in [2.24, 2.45) is 0 Å². The molecule has 11 heteroatoms. The number of carbonyl (C=O) groups excluding carboxylic acids is 2. The molecule has 0 saturated heterocycles. The molecule has 31 heavy (non-hydrogen) atoms. The van der Waals surface area contributed by atoms with Gasteiger partial charge in [0.05, 0.1) is 11.1 Å². The van der Waals surface area contributed by atoms with Crippen molar-refractivity contribution in [3.63, 3.8) is 0 Å². The molecule has 2 amide bonds. The van der Waals surface area contributed by atoms with Gasteiger partial charge in [-0.25, -0.2) is 0 Å². The fraction of sp³-hybridized carbons (Fsp3) is 0.300. The molecule has 5 nitrogen and oxygen atoms in total. The number of hydrogen-bond acceptors (Lipinski definition) is 3. The van der Waals surface area contributed by atoms with E-state index in [9.17, 15) is 35.9 Å². The average molecular weight is 448 g/mol. The van der Waals surface area contributed by atoms with Gasteiger partial charge in [-0.05, 0) is 42.8 Å². The molecule has 0 aliphatic carbocycles. The van der Waals surface area contributed by atoms with Crippen molar-refractivity contribution in [1.29, 1.82) is 0 Å². The summed E-state index contributed by atoms with van der Waals surface area (Å²) in [5.74, 6) is -1.74. The maximum absolute atomic E-state index is 12.8. The van der Waals surface area contributed by atoms with Crippen LogP contribution in [0, 0.1) is 0 Å². The zero-order valence-corrected chi connectivity index (χ0v) is 16.2. The van der Waals surface area contributed by atoms with E-state index in [4.69, 9.17) is 4.74 Å². The smallest absolute Gasteiger partial charge is 0.416 e. The van der Waals surface area contributed by atoms with Crippen LogP contribution in [-0.2, 0) is 23.7 Å². The van der Waals surface area contributed by atoms with Gasteiger partial charge < -0.3 is 15.4 Å². The SMILES string of the molecule is CCNC(=O)c1ccc(CNC(=O)COc2cc(C(F)(F)F)cc(C(F)(F)F)c2)cc1. The lowest BCUT2D eigenvalue weighted by Gasteiger charge is -2.14. The Labute approximate surface area is 173 Å². The second-order valence-electron chi connectivity index (χ2n) is 6.36. The number of nitrogens with one attached hydrogen (secondary N) is 2. The highest BCUT2D eigenvalue weighted by molar-refractivity contribution is 5.94. The van der Waals surface area contributed by atoms with Gasteiger partial charge in [-0.2, -0.15) is 26.3 Å². The Balaban J connectivity index is 1.97. The maximum Gasteiger partial charge on any atom is 0.416 e.